The Hall–Kier alpha value is -1.43. The Morgan fingerprint density at radius 1 is 0.483 bits per heavy atom. The molecule has 0 aromatic heterocycles. The molecule has 2 aliphatic carbocycles. The molecular weight excluding hydrogens is 346 g/mol. The van der Waals surface area contributed by atoms with Crippen LogP contribution in [-0.4, -0.2) is 15.7 Å². The molecule has 0 bridgehead atoms. The molecule has 0 atom stereocenters. The van der Waals surface area contributed by atoms with Crippen molar-refractivity contribution in [1.82, 2.24) is 0 Å². The molecule has 0 unspecified atom stereocenters. The second kappa shape index (κ2) is 9.59. The van der Waals surface area contributed by atoms with E-state index in [1.165, 1.54) is 112 Å². The van der Waals surface area contributed by atoms with Crippen LogP contribution in [0.2, 0.25) is 0 Å². The van der Waals surface area contributed by atoms with Crippen LogP contribution in [0.25, 0.3) is 11.1 Å². The minimum atomic E-state index is 0.0929. The summed E-state index contributed by atoms with van der Waals surface area (Å²) < 4.78 is 0. The largest absolute Gasteiger partial charge is 0.113 e. The lowest BCUT2D eigenvalue weighted by atomic mass is 9.69. The maximum absolute atomic E-state index is 6.29. The fraction of sp³-hybridized carbons (Fsp3) is 0.556. The maximum Gasteiger partial charge on any atom is 0.113 e. The molecule has 2 aromatic carbocycles. The summed E-state index contributed by atoms with van der Waals surface area (Å²) in [5.74, 6) is 0. The van der Waals surface area contributed by atoms with E-state index in [4.69, 9.17) is 15.7 Å². The van der Waals surface area contributed by atoms with Crippen LogP contribution in [0.5, 0.6) is 0 Å². The molecule has 0 aliphatic heterocycles. The first-order valence-electron chi connectivity index (χ1n) is 12.0. The quantitative estimate of drug-likeness (QED) is 0.491. The highest BCUT2D eigenvalue weighted by Gasteiger charge is 2.42. The molecule has 1 fully saturated rings. The summed E-state index contributed by atoms with van der Waals surface area (Å²) >= 11 is 0. The SMILES string of the molecule is [B]c1ccc2c(c1)C1(CCCCCCCCCCCCCC1)c1cc([B])ccc1-2. The van der Waals surface area contributed by atoms with Gasteiger partial charge in [-0.2, -0.15) is 0 Å². The standard InChI is InChI=1S/C27H34B2/c28-21-13-15-23-24-16-14-22(29)20-26(24)27(25(23)19-21)17-11-9-7-5-3-1-2-4-6-8-10-12-18-27/h13-16,19-20H,1-12,17-18H2. The summed E-state index contributed by atoms with van der Waals surface area (Å²) in [6.45, 7) is 0. The third-order valence-corrected chi connectivity index (χ3v) is 7.37. The normalized spacial score (nSPS) is 20.4. The van der Waals surface area contributed by atoms with E-state index in [0.29, 0.717) is 0 Å². The summed E-state index contributed by atoms with van der Waals surface area (Å²) in [6, 6.07) is 13.1. The average Bonchev–Trinajstić information content (AvgIpc) is 2.96. The van der Waals surface area contributed by atoms with Crippen molar-refractivity contribution in [2.45, 2.75) is 95.3 Å². The van der Waals surface area contributed by atoms with Crippen LogP contribution < -0.4 is 10.9 Å². The van der Waals surface area contributed by atoms with E-state index in [2.05, 4.69) is 36.4 Å². The average molecular weight is 380 g/mol. The Labute approximate surface area is 180 Å². The number of hydrogen-bond acceptors (Lipinski definition) is 0. The molecule has 0 N–H and O–H groups in total. The van der Waals surface area contributed by atoms with Gasteiger partial charge in [-0.05, 0) is 35.1 Å². The summed E-state index contributed by atoms with van der Waals surface area (Å²) in [6.07, 6.45) is 19.0. The Morgan fingerprint density at radius 2 is 0.828 bits per heavy atom. The second-order valence-electron chi connectivity index (χ2n) is 9.43. The van der Waals surface area contributed by atoms with Gasteiger partial charge in [0.1, 0.15) is 15.7 Å². The molecular formula is C27H34B2. The van der Waals surface area contributed by atoms with Gasteiger partial charge in [0.2, 0.25) is 0 Å². The van der Waals surface area contributed by atoms with Crippen LogP contribution in [0, 0.1) is 0 Å². The van der Waals surface area contributed by atoms with E-state index in [0.717, 1.165) is 10.9 Å². The summed E-state index contributed by atoms with van der Waals surface area (Å²) in [4.78, 5) is 0. The minimum absolute atomic E-state index is 0.0929. The lowest BCUT2D eigenvalue weighted by molar-refractivity contribution is 0.400. The number of hydrogen-bond donors (Lipinski definition) is 0. The molecule has 2 aliphatic rings. The minimum Gasteiger partial charge on any atom is -0.0963 e. The van der Waals surface area contributed by atoms with Gasteiger partial charge in [-0.3, -0.25) is 0 Å². The fourth-order valence-electron chi connectivity index (χ4n) is 5.82. The monoisotopic (exact) mass is 380 g/mol. The second-order valence-corrected chi connectivity index (χ2v) is 9.43. The number of benzene rings is 2. The zero-order valence-electron chi connectivity index (χ0n) is 18.0. The van der Waals surface area contributed by atoms with E-state index < -0.39 is 0 Å². The Morgan fingerprint density at radius 3 is 1.21 bits per heavy atom. The van der Waals surface area contributed by atoms with Gasteiger partial charge >= 0.3 is 0 Å². The Balaban J connectivity index is 1.68. The molecule has 29 heavy (non-hydrogen) atoms. The topological polar surface area (TPSA) is 0 Å². The zero-order valence-corrected chi connectivity index (χ0v) is 18.0. The molecule has 0 heterocycles. The van der Waals surface area contributed by atoms with E-state index >= 15 is 0 Å². The van der Waals surface area contributed by atoms with E-state index in [-0.39, 0.29) is 5.41 Å². The molecule has 1 spiro atoms. The van der Waals surface area contributed by atoms with Gasteiger partial charge in [0.15, 0.2) is 0 Å². The molecule has 2 heteroatoms. The third kappa shape index (κ3) is 4.52. The highest BCUT2D eigenvalue weighted by Crippen LogP contribution is 2.53. The lowest BCUT2D eigenvalue weighted by Crippen LogP contribution is -2.27. The number of fused-ring (bicyclic) bond motifs is 5. The van der Waals surface area contributed by atoms with Crippen LogP contribution >= 0.6 is 0 Å². The highest BCUT2D eigenvalue weighted by atomic mass is 14.4. The maximum atomic E-state index is 6.29. The first-order valence-corrected chi connectivity index (χ1v) is 12.0. The van der Waals surface area contributed by atoms with Gasteiger partial charge in [-0.1, -0.05) is 124 Å². The zero-order chi connectivity index (χ0) is 20.1. The van der Waals surface area contributed by atoms with Crippen LogP contribution in [0.3, 0.4) is 0 Å². The van der Waals surface area contributed by atoms with Crippen molar-refractivity contribution in [3.05, 3.63) is 47.5 Å². The van der Waals surface area contributed by atoms with Crippen molar-refractivity contribution >= 4 is 26.6 Å². The molecule has 2 aromatic rings. The van der Waals surface area contributed by atoms with Crippen LogP contribution in [-0.2, 0) is 5.41 Å². The molecule has 1 saturated carbocycles. The van der Waals surface area contributed by atoms with E-state index in [1.807, 2.05) is 0 Å². The van der Waals surface area contributed by atoms with Gasteiger partial charge < -0.3 is 0 Å². The molecule has 4 radical (unpaired) electrons. The predicted octanol–water partition coefficient (Wildman–Crippen LogP) is 6.02. The summed E-state index contributed by atoms with van der Waals surface area (Å²) in [5, 5.41) is 0. The van der Waals surface area contributed by atoms with Crippen molar-refractivity contribution in [3.63, 3.8) is 0 Å². The molecule has 0 saturated heterocycles. The van der Waals surface area contributed by atoms with Gasteiger partial charge in [0.25, 0.3) is 0 Å². The molecule has 0 nitrogen and oxygen atoms in total. The lowest BCUT2D eigenvalue weighted by Gasteiger charge is -2.33. The van der Waals surface area contributed by atoms with Crippen molar-refractivity contribution in [1.29, 1.82) is 0 Å². The smallest absolute Gasteiger partial charge is 0.0963 e. The van der Waals surface area contributed by atoms with Crippen LogP contribution in [0.1, 0.15) is 101 Å². The molecule has 148 valence electrons. The Bertz CT molecular complexity index is 754. The van der Waals surface area contributed by atoms with Crippen molar-refractivity contribution in [2.24, 2.45) is 0 Å². The van der Waals surface area contributed by atoms with Gasteiger partial charge in [0, 0.05) is 5.41 Å². The highest BCUT2D eigenvalue weighted by molar-refractivity contribution is 6.33. The summed E-state index contributed by atoms with van der Waals surface area (Å²) in [5.41, 5.74) is 7.55. The van der Waals surface area contributed by atoms with E-state index in [9.17, 15) is 0 Å². The third-order valence-electron chi connectivity index (χ3n) is 7.37. The fourth-order valence-corrected chi connectivity index (χ4v) is 5.82. The first-order chi connectivity index (χ1) is 14.2. The van der Waals surface area contributed by atoms with Crippen LogP contribution in [0.15, 0.2) is 36.4 Å². The number of rotatable bonds is 0. The van der Waals surface area contributed by atoms with Gasteiger partial charge in [-0.25, -0.2) is 0 Å². The molecule has 4 rings (SSSR count). The Kier molecular flexibility index (Phi) is 6.88. The van der Waals surface area contributed by atoms with Crippen molar-refractivity contribution in [2.75, 3.05) is 0 Å². The van der Waals surface area contributed by atoms with Gasteiger partial charge in [-0.15, -0.1) is 0 Å². The van der Waals surface area contributed by atoms with Crippen LogP contribution in [0.4, 0.5) is 0 Å². The first kappa shape index (κ1) is 20.8. The molecule has 0 amide bonds. The summed E-state index contributed by atoms with van der Waals surface area (Å²) in [7, 11) is 12.6. The predicted molar refractivity (Wildman–Crippen MR) is 128 cm³/mol. The van der Waals surface area contributed by atoms with Crippen molar-refractivity contribution in [3.8, 4) is 11.1 Å². The van der Waals surface area contributed by atoms with Crippen molar-refractivity contribution < 1.29 is 0 Å². The van der Waals surface area contributed by atoms with Gasteiger partial charge in [0.05, 0.1) is 0 Å². The van der Waals surface area contributed by atoms with E-state index in [1.54, 1.807) is 0 Å².